The fourth-order valence-electron chi connectivity index (χ4n) is 2.15. The van der Waals surface area contributed by atoms with Crippen molar-refractivity contribution in [1.82, 2.24) is 9.97 Å². The average molecular weight is 321 g/mol. The Balaban J connectivity index is 2.15. The fourth-order valence-corrected chi connectivity index (χ4v) is 2.15. The van der Waals surface area contributed by atoms with Gasteiger partial charge in [-0.1, -0.05) is 18.2 Å². The SMILES string of the molecule is Cc1ccc(Nc2nc(C(F)(F)F)nc3ccccc23)c(F)c1. The van der Waals surface area contributed by atoms with Gasteiger partial charge in [0.1, 0.15) is 11.6 Å². The molecular weight excluding hydrogens is 310 g/mol. The second-order valence-electron chi connectivity index (χ2n) is 5.02. The molecule has 2 aromatic carbocycles. The molecule has 0 saturated carbocycles. The zero-order valence-corrected chi connectivity index (χ0v) is 11.9. The normalized spacial score (nSPS) is 11.7. The van der Waals surface area contributed by atoms with Crippen LogP contribution in [0, 0.1) is 12.7 Å². The third-order valence-corrected chi connectivity index (χ3v) is 3.23. The maximum absolute atomic E-state index is 13.9. The van der Waals surface area contributed by atoms with E-state index in [9.17, 15) is 17.6 Å². The molecule has 1 heterocycles. The molecule has 0 spiro atoms. The van der Waals surface area contributed by atoms with Gasteiger partial charge in [0.15, 0.2) is 0 Å². The molecule has 23 heavy (non-hydrogen) atoms. The van der Waals surface area contributed by atoms with Gasteiger partial charge in [-0.2, -0.15) is 13.2 Å². The van der Waals surface area contributed by atoms with Crippen molar-refractivity contribution in [3.8, 4) is 0 Å². The number of hydrogen-bond donors (Lipinski definition) is 1. The van der Waals surface area contributed by atoms with Crippen LogP contribution in [0.3, 0.4) is 0 Å². The second-order valence-corrected chi connectivity index (χ2v) is 5.02. The predicted molar refractivity (Wildman–Crippen MR) is 79.0 cm³/mol. The van der Waals surface area contributed by atoms with Crippen LogP contribution in [0.5, 0.6) is 0 Å². The summed E-state index contributed by atoms with van der Waals surface area (Å²) in [5.74, 6) is -1.93. The number of aromatic nitrogens is 2. The van der Waals surface area contributed by atoms with Crippen molar-refractivity contribution in [2.24, 2.45) is 0 Å². The standard InChI is InChI=1S/C16H11F4N3/c1-9-6-7-13(11(17)8-9)21-14-10-4-2-3-5-12(10)22-15(23-14)16(18,19)20/h2-8H,1H3,(H,21,22,23). The summed E-state index contributed by atoms with van der Waals surface area (Å²) in [5, 5.41) is 3.00. The number of alkyl halides is 3. The van der Waals surface area contributed by atoms with Crippen molar-refractivity contribution in [1.29, 1.82) is 0 Å². The molecule has 0 bridgehead atoms. The number of aryl methyl sites for hydroxylation is 1. The zero-order valence-electron chi connectivity index (χ0n) is 11.9. The number of anilines is 2. The number of nitrogens with zero attached hydrogens (tertiary/aromatic N) is 2. The van der Waals surface area contributed by atoms with Gasteiger partial charge in [-0.3, -0.25) is 0 Å². The molecule has 0 unspecified atom stereocenters. The Hall–Kier alpha value is -2.70. The molecule has 0 saturated heterocycles. The molecule has 0 radical (unpaired) electrons. The summed E-state index contributed by atoms with van der Waals surface area (Å²) in [6.45, 7) is 1.72. The number of para-hydroxylation sites is 1. The molecule has 7 heteroatoms. The van der Waals surface area contributed by atoms with Crippen LogP contribution in [0.2, 0.25) is 0 Å². The number of fused-ring (bicyclic) bond motifs is 1. The van der Waals surface area contributed by atoms with E-state index in [-0.39, 0.29) is 17.0 Å². The predicted octanol–water partition coefficient (Wildman–Crippen LogP) is 4.84. The van der Waals surface area contributed by atoms with E-state index in [0.29, 0.717) is 10.9 Å². The minimum atomic E-state index is -4.69. The summed E-state index contributed by atoms with van der Waals surface area (Å²) in [6.07, 6.45) is -4.69. The van der Waals surface area contributed by atoms with E-state index in [2.05, 4.69) is 15.3 Å². The van der Waals surface area contributed by atoms with Crippen molar-refractivity contribution in [3.63, 3.8) is 0 Å². The van der Waals surface area contributed by atoms with Crippen LogP contribution < -0.4 is 5.32 Å². The van der Waals surface area contributed by atoms with Gasteiger partial charge in [-0.15, -0.1) is 0 Å². The molecule has 1 aromatic heterocycles. The van der Waals surface area contributed by atoms with Crippen molar-refractivity contribution in [3.05, 3.63) is 59.7 Å². The largest absolute Gasteiger partial charge is 0.451 e. The van der Waals surface area contributed by atoms with Crippen LogP contribution in [0.4, 0.5) is 29.1 Å². The summed E-state index contributed by atoms with van der Waals surface area (Å²) in [7, 11) is 0. The zero-order chi connectivity index (χ0) is 16.6. The lowest BCUT2D eigenvalue weighted by Crippen LogP contribution is -2.13. The highest BCUT2D eigenvalue weighted by Gasteiger charge is 2.35. The highest BCUT2D eigenvalue weighted by molar-refractivity contribution is 5.90. The molecule has 0 atom stereocenters. The van der Waals surface area contributed by atoms with Gasteiger partial charge in [0.25, 0.3) is 0 Å². The van der Waals surface area contributed by atoms with E-state index >= 15 is 0 Å². The number of nitrogens with one attached hydrogen (secondary N) is 1. The van der Waals surface area contributed by atoms with Crippen LogP contribution in [0.1, 0.15) is 11.4 Å². The Kier molecular flexibility index (Phi) is 3.63. The molecule has 0 fully saturated rings. The molecule has 0 aliphatic heterocycles. The first-order valence-electron chi connectivity index (χ1n) is 6.72. The van der Waals surface area contributed by atoms with Crippen molar-refractivity contribution in [2.75, 3.05) is 5.32 Å². The molecule has 1 N–H and O–H groups in total. The minimum Gasteiger partial charge on any atom is -0.337 e. The molecule has 3 nitrogen and oxygen atoms in total. The summed E-state index contributed by atoms with van der Waals surface area (Å²) in [4.78, 5) is 7.03. The molecule has 0 aliphatic rings. The first-order valence-corrected chi connectivity index (χ1v) is 6.72. The monoisotopic (exact) mass is 321 g/mol. The van der Waals surface area contributed by atoms with Gasteiger partial charge in [0.2, 0.25) is 5.82 Å². The summed E-state index contributed by atoms with van der Waals surface area (Å²) in [5.41, 5.74) is 0.883. The lowest BCUT2D eigenvalue weighted by Gasteiger charge is -2.13. The summed E-state index contributed by atoms with van der Waals surface area (Å²) in [6, 6.07) is 10.6. The number of halogens is 4. The van der Waals surface area contributed by atoms with Gasteiger partial charge in [-0.05, 0) is 36.8 Å². The minimum absolute atomic E-state index is 0.0487. The van der Waals surface area contributed by atoms with Gasteiger partial charge in [0, 0.05) is 5.39 Å². The van der Waals surface area contributed by atoms with Crippen LogP contribution in [-0.4, -0.2) is 9.97 Å². The maximum Gasteiger partial charge on any atom is 0.451 e. The maximum atomic E-state index is 13.9. The molecule has 118 valence electrons. The lowest BCUT2D eigenvalue weighted by molar-refractivity contribution is -0.144. The first-order chi connectivity index (χ1) is 10.8. The lowest BCUT2D eigenvalue weighted by atomic mass is 10.2. The quantitative estimate of drug-likeness (QED) is 0.686. The van der Waals surface area contributed by atoms with E-state index < -0.39 is 17.8 Å². The Morgan fingerprint density at radius 3 is 2.43 bits per heavy atom. The van der Waals surface area contributed by atoms with Gasteiger partial charge < -0.3 is 5.32 Å². The van der Waals surface area contributed by atoms with Crippen molar-refractivity contribution >= 4 is 22.4 Å². The van der Waals surface area contributed by atoms with Crippen LogP contribution in [-0.2, 0) is 6.18 Å². The number of rotatable bonds is 2. The van der Waals surface area contributed by atoms with E-state index in [1.807, 2.05) is 0 Å². The Labute approximate surface area is 129 Å². The molecule has 3 aromatic rings. The van der Waals surface area contributed by atoms with Gasteiger partial charge >= 0.3 is 6.18 Å². The van der Waals surface area contributed by atoms with Gasteiger partial charge in [0.05, 0.1) is 11.2 Å². The Bertz CT molecular complexity index is 875. The van der Waals surface area contributed by atoms with Crippen molar-refractivity contribution in [2.45, 2.75) is 13.1 Å². The third kappa shape index (κ3) is 3.08. The van der Waals surface area contributed by atoms with Crippen LogP contribution in [0.25, 0.3) is 10.9 Å². The van der Waals surface area contributed by atoms with Gasteiger partial charge in [-0.25, -0.2) is 14.4 Å². The van der Waals surface area contributed by atoms with E-state index in [4.69, 9.17) is 0 Å². The Morgan fingerprint density at radius 2 is 1.74 bits per heavy atom. The molecule has 3 rings (SSSR count). The molecular formula is C16H11F4N3. The van der Waals surface area contributed by atoms with Crippen LogP contribution in [0.15, 0.2) is 42.5 Å². The molecule has 0 amide bonds. The number of hydrogen-bond acceptors (Lipinski definition) is 3. The van der Waals surface area contributed by atoms with E-state index in [0.717, 1.165) is 0 Å². The average Bonchev–Trinajstić information content (AvgIpc) is 2.49. The summed E-state index contributed by atoms with van der Waals surface area (Å²) >= 11 is 0. The van der Waals surface area contributed by atoms with Crippen LogP contribution >= 0.6 is 0 Å². The smallest absolute Gasteiger partial charge is 0.337 e. The molecule has 0 aliphatic carbocycles. The number of benzene rings is 2. The summed E-state index contributed by atoms with van der Waals surface area (Å²) < 4.78 is 52.8. The highest BCUT2D eigenvalue weighted by atomic mass is 19.4. The van der Waals surface area contributed by atoms with E-state index in [1.165, 1.54) is 18.2 Å². The third-order valence-electron chi connectivity index (χ3n) is 3.23. The fraction of sp³-hybridized carbons (Fsp3) is 0.125. The topological polar surface area (TPSA) is 37.8 Å². The highest BCUT2D eigenvalue weighted by Crippen LogP contribution is 2.31. The second kappa shape index (κ2) is 5.49. The van der Waals surface area contributed by atoms with Crippen molar-refractivity contribution < 1.29 is 17.6 Å². The van der Waals surface area contributed by atoms with E-state index in [1.54, 1.807) is 31.2 Å². The first kappa shape index (κ1) is 15.2. The Morgan fingerprint density at radius 1 is 1.00 bits per heavy atom.